The maximum atomic E-state index is 13.1. The van der Waals surface area contributed by atoms with Gasteiger partial charge in [-0.3, -0.25) is 9.69 Å². The lowest BCUT2D eigenvalue weighted by Crippen LogP contribution is -2.48. The molecule has 0 unspecified atom stereocenters. The average molecular weight is 457 g/mol. The first-order valence-corrected chi connectivity index (χ1v) is 11.2. The Kier molecular flexibility index (Phi) is 8.41. The van der Waals surface area contributed by atoms with Gasteiger partial charge in [0.15, 0.2) is 11.5 Å². The van der Waals surface area contributed by atoms with Gasteiger partial charge in [-0.25, -0.2) is 0 Å². The van der Waals surface area contributed by atoms with Crippen LogP contribution in [0.2, 0.25) is 0 Å². The van der Waals surface area contributed by atoms with Crippen molar-refractivity contribution in [3.63, 3.8) is 0 Å². The molecule has 1 amide bonds. The molecule has 0 bridgehead atoms. The minimum absolute atomic E-state index is 0.0842. The highest BCUT2D eigenvalue weighted by molar-refractivity contribution is 5.95. The molecule has 0 saturated carbocycles. The van der Waals surface area contributed by atoms with Gasteiger partial charge < -0.3 is 29.3 Å². The molecule has 3 rings (SSSR count). The SMILES string of the molecule is COc1cc(C(=O)NC[C@@H](c2ccc(N(C)C)cc2)N2CCN(C)CC2)cc(OC)c1OC. The van der Waals surface area contributed by atoms with Gasteiger partial charge in [0.2, 0.25) is 5.75 Å². The maximum absolute atomic E-state index is 13.1. The Labute approximate surface area is 197 Å². The summed E-state index contributed by atoms with van der Waals surface area (Å²) in [5.74, 6) is 1.19. The number of ether oxygens (including phenoxy) is 3. The van der Waals surface area contributed by atoms with Gasteiger partial charge in [0.05, 0.1) is 27.4 Å². The largest absolute Gasteiger partial charge is 0.493 e. The quantitative estimate of drug-likeness (QED) is 0.622. The summed E-state index contributed by atoms with van der Waals surface area (Å²) in [5.41, 5.74) is 2.80. The van der Waals surface area contributed by atoms with Crippen LogP contribution < -0.4 is 24.4 Å². The van der Waals surface area contributed by atoms with E-state index >= 15 is 0 Å². The molecule has 1 atom stereocenters. The van der Waals surface area contributed by atoms with Crippen LogP contribution in [0.25, 0.3) is 0 Å². The first kappa shape index (κ1) is 24.7. The monoisotopic (exact) mass is 456 g/mol. The number of benzene rings is 2. The topological polar surface area (TPSA) is 66.5 Å². The number of anilines is 1. The highest BCUT2D eigenvalue weighted by Gasteiger charge is 2.25. The Morgan fingerprint density at radius 2 is 1.55 bits per heavy atom. The molecule has 0 aliphatic carbocycles. The third kappa shape index (κ3) is 5.89. The van der Waals surface area contributed by atoms with Gasteiger partial charge in [-0.2, -0.15) is 0 Å². The van der Waals surface area contributed by atoms with E-state index in [2.05, 4.69) is 51.3 Å². The zero-order chi connectivity index (χ0) is 24.0. The Morgan fingerprint density at radius 3 is 2.03 bits per heavy atom. The fourth-order valence-corrected chi connectivity index (χ4v) is 4.09. The third-order valence-corrected chi connectivity index (χ3v) is 6.16. The van der Waals surface area contributed by atoms with Crippen molar-refractivity contribution in [3.05, 3.63) is 47.5 Å². The first-order chi connectivity index (χ1) is 15.9. The van der Waals surface area contributed by atoms with Crippen LogP contribution in [0.3, 0.4) is 0 Å². The number of hydrogen-bond donors (Lipinski definition) is 1. The van der Waals surface area contributed by atoms with Crippen molar-refractivity contribution >= 4 is 11.6 Å². The number of amides is 1. The maximum Gasteiger partial charge on any atom is 0.251 e. The van der Waals surface area contributed by atoms with E-state index in [1.54, 1.807) is 33.5 Å². The van der Waals surface area contributed by atoms with Gasteiger partial charge in [0, 0.05) is 58.1 Å². The lowest BCUT2D eigenvalue weighted by atomic mass is 10.0. The summed E-state index contributed by atoms with van der Waals surface area (Å²) < 4.78 is 16.2. The van der Waals surface area contributed by atoms with Crippen LogP contribution in [-0.2, 0) is 0 Å². The second kappa shape index (κ2) is 11.2. The summed E-state index contributed by atoms with van der Waals surface area (Å²) in [6.07, 6.45) is 0. The van der Waals surface area contributed by atoms with Crippen LogP contribution in [-0.4, -0.2) is 90.9 Å². The Morgan fingerprint density at radius 1 is 0.970 bits per heavy atom. The lowest BCUT2D eigenvalue weighted by molar-refractivity contribution is 0.0885. The molecule has 1 fully saturated rings. The van der Waals surface area contributed by atoms with Crippen LogP contribution in [0, 0.1) is 0 Å². The lowest BCUT2D eigenvalue weighted by Gasteiger charge is -2.38. The molecule has 33 heavy (non-hydrogen) atoms. The second-order valence-electron chi connectivity index (χ2n) is 8.47. The van der Waals surface area contributed by atoms with E-state index in [4.69, 9.17) is 14.2 Å². The smallest absolute Gasteiger partial charge is 0.251 e. The minimum Gasteiger partial charge on any atom is -0.493 e. The van der Waals surface area contributed by atoms with Crippen LogP contribution in [0.1, 0.15) is 22.0 Å². The highest BCUT2D eigenvalue weighted by atomic mass is 16.5. The summed E-state index contributed by atoms with van der Waals surface area (Å²) in [7, 11) is 10.8. The number of rotatable bonds is 9. The summed E-state index contributed by atoms with van der Waals surface area (Å²) in [4.78, 5) is 20.0. The summed E-state index contributed by atoms with van der Waals surface area (Å²) in [5, 5.41) is 3.13. The van der Waals surface area contributed by atoms with Crippen LogP contribution in [0.15, 0.2) is 36.4 Å². The average Bonchev–Trinajstić information content (AvgIpc) is 2.84. The van der Waals surface area contributed by atoms with Crippen LogP contribution >= 0.6 is 0 Å². The van der Waals surface area contributed by atoms with E-state index in [9.17, 15) is 4.79 Å². The van der Waals surface area contributed by atoms with Crippen molar-refractivity contribution in [3.8, 4) is 17.2 Å². The number of likely N-dealkylation sites (N-methyl/N-ethyl adjacent to an activating group) is 1. The predicted octanol–water partition coefficient (Wildman–Crippen LogP) is 2.50. The van der Waals surface area contributed by atoms with Crippen LogP contribution in [0.4, 0.5) is 5.69 Å². The number of carbonyl (C=O) groups excluding carboxylic acids is 1. The predicted molar refractivity (Wildman–Crippen MR) is 131 cm³/mol. The molecular weight excluding hydrogens is 420 g/mol. The van der Waals surface area contributed by atoms with E-state index in [1.807, 2.05) is 14.1 Å². The van der Waals surface area contributed by atoms with Gasteiger partial charge in [-0.1, -0.05) is 12.1 Å². The number of hydrogen-bond acceptors (Lipinski definition) is 7. The molecule has 0 spiro atoms. The van der Waals surface area contributed by atoms with Gasteiger partial charge >= 0.3 is 0 Å². The van der Waals surface area contributed by atoms with Crippen molar-refractivity contribution in [1.29, 1.82) is 0 Å². The van der Waals surface area contributed by atoms with Crippen molar-refractivity contribution in [2.45, 2.75) is 6.04 Å². The molecule has 0 aromatic heterocycles. The fraction of sp³-hybridized carbons (Fsp3) is 0.480. The molecule has 8 heteroatoms. The van der Waals surface area contributed by atoms with Gasteiger partial charge in [-0.15, -0.1) is 0 Å². The fourth-order valence-electron chi connectivity index (χ4n) is 4.09. The number of methoxy groups -OCH3 is 3. The number of carbonyl (C=O) groups is 1. The molecular formula is C25H36N4O4. The van der Waals surface area contributed by atoms with E-state index in [1.165, 1.54) is 5.56 Å². The Bertz CT molecular complexity index is 899. The Balaban J connectivity index is 1.81. The molecule has 180 valence electrons. The second-order valence-corrected chi connectivity index (χ2v) is 8.47. The van der Waals surface area contributed by atoms with Gasteiger partial charge in [0.1, 0.15) is 0 Å². The molecule has 2 aromatic rings. The molecule has 1 saturated heterocycles. The molecule has 1 aliphatic heterocycles. The van der Waals surface area contributed by atoms with E-state index < -0.39 is 0 Å². The summed E-state index contributed by atoms with van der Waals surface area (Å²) in [6.45, 7) is 4.42. The summed E-state index contributed by atoms with van der Waals surface area (Å²) in [6, 6.07) is 12.0. The molecule has 0 radical (unpaired) electrons. The number of nitrogens with zero attached hydrogens (tertiary/aromatic N) is 3. The van der Waals surface area contributed by atoms with Crippen molar-refractivity contribution in [2.24, 2.45) is 0 Å². The minimum atomic E-state index is -0.182. The zero-order valence-corrected chi connectivity index (χ0v) is 20.6. The van der Waals surface area contributed by atoms with Crippen molar-refractivity contribution < 1.29 is 19.0 Å². The molecule has 8 nitrogen and oxygen atoms in total. The van der Waals surface area contributed by atoms with Gasteiger partial charge in [0.25, 0.3) is 5.91 Å². The molecule has 1 aliphatic rings. The zero-order valence-electron chi connectivity index (χ0n) is 20.6. The van der Waals surface area contributed by atoms with Crippen molar-refractivity contribution in [1.82, 2.24) is 15.1 Å². The molecule has 1 N–H and O–H groups in total. The molecule has 2 aromatic carbocycles. The molecule has 1 heterocycles. The highest BCUT2D eigenvalue weighted by Crippen LogP contribution is 2.38. The normalized spacial score (nSPS) is 15.6. The van der Waals surface area contributed by atoms with E-state index in [0.717, 1.165) is 31.9 Å². The standard InChI is InChI=1S/C25H36N4O4/c1-27(2)20-9-7-18(8-10-20)21(29-13-11-28(3)12-14-29)17-26-25(30)19-15-22(31-4)24(33-6)23(16-19)32-5/h7-10,15-16,21H,11-14,17H2,1-6H3,(H,26,30)/t21-/m0/s1. The van der Waals surface area contributed by atoms with E-state index in [0.29, 0.717) is 29.4 Å². The van der Waals surface area contributed by atoms with Crippen LogP contribution in [0.5, 0.6) is 17.2 Å². The Hall–Kier alpha value is -2.97. The number of piperazine rings is 1. The van der Waals surface area contributed by atoms with E-state index in [-0.39, 0.29) is 11.9 Å². The van der Waals surface area contributed by atoms with Gasteiger partial charge in [-0.05, 0) is 36.9 Å². The summed E-state index contributed by atoms with van der Waals surface area (Å²) >= 11 is 0. The third-order valence-electron chi connectivity index (χ3n) is 6.16. The van der Waals surface area contributed by atoms with Crippen molar-refractivity contribution in [2.75, 3.05) is 80.1 Å². The number of nitrogens with one attached hydrogen (secondary N) is 1. The first-order valence-electron chi connectivity index (χ1n) is 11.2.